The van der Waals surface area contributed by atoms with Gasteiger partial charge in [0, 0.05) is 11.6 Å². The minimum absolute atomic E-state index is 0.455. The largest absolute Gasteiger partial charge is 0.478 e. The Balaban J connectivity index is 2.15. The first-order valence-corrected chi connectivity index (χ1v) is 8.06. The Morgan fingerprint density at radius 3 is 2.62 bits per heavy atom. The van der Waals surface area contributed by atoms with Crippen molar-refractivity contribution in [1.29, 1.82) is 0 Å². The van der Waals surface area contributed by atoms with Gasteiger partial charge in [0.2, 0.25) is 0 Å². The number of aromatic nitrogens is 1. The molecule has 24 heavy (non-hydrogen) atoms. The van der Waals surface area contributed by atoms with E-state index in [-0.39, 0.29) is 0 Å². The Bertz CT molecular complexity index is 953. The maximum atomic E-state index is 11.4. The normalized spacial score (nSPS) is 11.2. The minimum atomic E-state index is -1.37. The van der Waals surface area contributed by atoms with Gasteiger partial charge in [0.05, 0.1) is 22.3 Å². The van der Waals surface area contributed by atoms with Crippen LogP contribution < -0.4 is 4.74 Å². The van der Waals surface area contributed by atoms with Gasteiger partial charge in [-0.25, -0.2) is 14.6 Å². The topological polar surface area (TPSA) is 63.8 Å². The molecule has 1 N–H and O–H groups in total. The quantitative estimate of drug-likeness (QED) is 0.697. The van der Waals surface area contributed by atoms with Gasteiger partial charge in [-0.05, 0) is 25.5 Å². The predicted molar refractivity (Wildman–Crippen MR) is 93.7 cm³/mol. The van der Waals surface area contributed by atoms with E-state index in [1.807, 2.05) is 18.2 Å². The molecule has 5 nitrogen and oxygen atoms in total. The van der Waals surface area contributed by atoms with Crippen LogP contribution in [0.5, 0.6) is 5.75 Å². The zero-order chi connectivity index (χ0) is 17.3. The van der Waals surface area contributed by atoms with Gasteiger partial charge in [0.25, 0.3) is 0 Å². The summed E-state index contributed by atoms with van der Waals surface area (Å²) in [6, 6.07) is 10.8. The van der Waals surface area contributed by atoms with Crippen molar-refractivity contribution in [3.05, 3.63) is 53.3 Å². The zero-order valence-electron chi connectivity index (χ0n) is 13.1. The molecule has 0 aliphatic carbocycles. The molecule has 1 aromatic heterocycles. The summed E-state index contributed by atoms with van der Waals surface area (Å²) in [7, 11) is 0. The van der Waals surface area contributed by atoms with Crippen molar-refractivity contribution >= 4 is 33.2 Å². The van der Waals surface area contributed by atoms with E-state index < -0.39 is 11.6 Å². The average Bonchev–Trinajstić information content (AvgIpc) is 3.01. The van der Waals surface area contributed by atoms with Crippen molar-refractivity contribution in [2.45, 2.75) is 19.4 Å². The maximum absolute atomic E-state index is 11.4. The molecule has 0 saturated heterocycles. The second-order valence-electron chi connectivity index (χ2n) is 5.74. The number of carboxylic acid groups (broad SMARTS) is 1. The Morgan fingerprint density at radius 1 is 1.29 bits per heavy atom. The molecule has 0 amide bonds. The van der Waals surface area contributed by atoms with E-state index >= 15 is 0 Å². The lowest BCUT2D eigenvalue weighted by molar-refractivity contribution is -0.152. The molecule has 0 saturated carbocycles. The summed E-state index contributed by atoms with van der Waals surface area (Å²) in [6.07, 6.45) is 0. The summed E-state index contributed by atoms with van der Waals surface area (Å²) in [6.45, 7) is 10.1. The van der Waals surface area contributed by atoms with Gasteiger partial charge in [0.1, 0.15) is 5.75 Å². The highest BCUT2D eigenvalue weighted by molar-refractivity contribution is 7.16. The molecule has 120 valence electrons. The third-order valence-electron chi connectivity index (χ3n) is 3.62. The van der Waals surface area contributed by atoms with E-state index in [1.54, 1.807) is 23.7 Å². The Hall–Kier alpha value is -2.91. The minimum Gasteiger partial charge on any atom is -0.478 e. The molecular formula is C18H14N2O3S. The summed E-state index contributed by atoms with van der Waals surface area (Å²) in [5.41, 5.74) is 3.31. The first-order chi connectivity index (χ1) is 11.4. The van der Waals surface area contributed by atoms with Crippen molar-refractivity contribution in [1.82, 2.24) is 4.98 Å². The molecule has 3 rings (SSSR count). The maximum Gasteiger partial charge on any atom is 0.347 e. The number of benzene rings is 2. The highest BCUT2D eigenvalue weighted by Gasteiger charge is 2.30. The fourth-order valence-corrected chi connectivity index (χ4v) is 2.93. The van der Waals surface area contributed by atoms with Crippen molar-refractivity contribution in [3.8, 4) is 16.9 Å². The zero-order valence-corrected chi connectivity index (χ0v) is 13.9. The van der Waals surface area contributed by atoms with Gasteiger partial charge in [-0.1, -0.05) is 24.3 Å². The number of rotatable bonds is 4. The van der Waals surface area contributed by atoms with Crippen LogP contribution in [0.2, 0.25) is 0 Å². The number of hydrogen-bond donors (Lipinski definition) is 1. The lowest BCUT2D eigenvalue weighted by Gasteiger charge is -2.23. The van der Waals surface area contributed by atoms with E-state index in [4.69, 9.17) is 11.3 Å². The van der Waals surface area contributed by atoms with Crippen molar-refractivity contribution in [3.63, 3.8) is 0 Å². The molecule has 6 heteroatoms. The molecule has 0 fully saturated rings. The Morgan fingerprint density at radius 2 is 2.00 bits per heavy atom. The van der Waals surface area contributed by atoms with Gasteiger partial charge < -0.3 is 9.84 Å². The van der Waals surface area contributed by atoms with Crippen LogP contribution in [0.4, 0.5) is 5.69 Å². The number of hydrogen-bond acceptors (Lipinski definition) is 4. The van der Waals surface area contributed by atoms with Gasteiger partial charge in [-0.15, -0.1) is 11.3 Å². The summed E-state index contributed by atoms with van der Waals surface area (Å²) >= 11 is 1.51. The average molecular weight is 338 g/mol. The van der Waals surface area contributed by atoms with E-state index in [9.17, 15) is 9.90 Å². The van der Waals surface area contributed by atoms with Gasteiger partial charge >= 0.3 is 5.97 Å². The molecule has 1 heterocycles. The van der Waals surface area contributed by atoms with Crippen LogP contribution >= 0.6 is 11.3 Å². The number of aliphatic carboxylic acids is 1. The van der Waals surface area contributed by atoms with E-state index in [1.165, 1.54) is 25.2 Å². The van der Waals surface area contributed by atoms with Crippen LogP contribution in [0.1, 0.15) is 13.8 Å². The highest BCUT2D eigenvalue weighted by atomic mass is 32.1. The van der Waals surface area contributed by atoms with Crippen LogP contribution in [0.3, 0.4) is 0 Å². The van der Waals surface area contributed by atoms with Crippen LogP contribution in [-0.2, 0) is 4.79 Å². The summed E-state index contributed by atoms with van der Waals surface area (Å²) < 4.78 is 6.77. The SMILES string of the molecule is [C-]#[N+]c1ccc(-c2cc3scnc3cc2OC(C)(C)C(=O)O)cc1. The highest BCUT2D eigenvalue weighted by Crippen LogP contribution is 2.37. The molecule has 0 spiro atoms. The molecule has 3 aromatic rings. The molecule has 0 aliphatic rings. The molecule has 0 unspecified atom stereocenters. The lowest BCUT2D eigenvalue weighted by Crippen LogP contribution is -2.38. The number of carboxylic acids is 1. The molecule has 0 radical (unpaired) electrons. The van der Waals surface area contributed by atoms with Crippen LogP contribution in [0.15, 0.2) is 41.9 Å². The molecule has 0 aliphatic heterocycles. The van der Waals surface area contributed by atoms with E-state index in [0.29, 0.717) is 11.4 Å². The number of fused-ring (bicyclic) bond motifs is 1. The number of thiazole rings is 1. The second kappa shape index (κ2) is 5.95. The number of ether oxygens (including phenoxy) is 1. The van der Waals surface area contributed by atoms with Gasteiger partial charge in [0.15, 0.2) is 11.3 Å². The molecular weight excluding hydrogens is 324 g/mol. The first-order valence-electron chi connectivity index (χ1n) is 7.18. The van der Waals surface area contributed by atoms with Gasteiger partial charge in [-0.2, -0.15) is 0 Å². The summed E-state index contributed by atoms with van der Waals surface area (Å²) in [5, 5.41) is 9.33. The van der Waals surface area contributed by atoms with E-state index in [2.05, 4.69) is 9.83 Å². The van der Waals surface area contributed by atoms with Crippen molar-refractivity contribution in [2.75, 3.05) is 0 Å². The van der Waals surface area contributed by atoms with Crippen LogP contribution in [0, 0.1) is 6.57 Å². The number of nitrogens with zero attached hydrogens (tertiary/aromatic N) is 2. The van der Waals surface area contributed by atoms with Crippen molar-refractivity contribution < 1.29 is 14.6 Å². The Labute approximate surface area is 143 Å². The molecule has 0 atom stereocenters. The second-order valence-corrected chi connectivity index (χ2v) is 6.63. The van der Waals surface area contributed by atoms with Crippen LogP contribution in [-0.4, -0.2) is 21.7 Å². The van der Waals surface area contributed by atoms with Gasteiger partial charge in [-0.3, -0.25) is 0 Å². The molecule has 2 aromatic carbocycles. The van der Waals surface area contributed by atoms with Crippen LogP contribution in [0.25, 0.3) is 26.2 Å². The Kier molecular flexibility index (Phi) is 3.96. The lowest BCUT2D eigenvalue weighted by atomic mass is 10.0. The standard InChI is InChI=1S/C18H14N2O3S/c1-18(2,17(21)22)23-15-9-14-16(24-10-20-14)8-13(15)11-4-6-12(19-3)7-5-11/h4-10H,1-2H3,(H,21,22). The summed E-state index contributed by atoms with van der Waals surface area (Å²) in [4.78, 5) is 19.1. The monoisotopic (exact) mass is 338 g/mol. The fraction of sp³-hybridized carbons (Fsp3) is 0.167. The first kappa shape index (κ1) is 16.0. The van der Waals surface area contributed by atoms with E-state index in [0.717, 1.165) is 21.3 Å². The third kappa shape index (κ3) is 2.94. The fourth-order valence-electron chi connectivity index (χ4n) is 2.23. The predicted octanol–water partition coefficient (Wildman–Crippen LogP) is 4.76. The third-order valence-corrected chi connectivity index (χ3v) is 4.41. The van der Waals surface area contributed by atoms with Crippen molar-refractivity contribution in [2.24, 2.45) is 0 Å². The number of carbonyl (C=O) groups is 1. The molecule has 0 bridgehead atoms. The summed E-state index contributed by atoms with van der Waals surface area (Å²) in [5.74, 6) is -0.591. The smallest absolute Gasteiger partial charge is 0.347 e.